The zero-order valence-corrected chi connectivity index (χ0v) is 23.5. The average Bonchev–Trinajstić information content (AvgIpc) is 3.33. The predicted octanol–water partition coefficient (Wildman–Crippen LogP) is 2.44. The van der Waals surface area contributed by atoms with E-state index in [2.05, 4.69) is 16.0 Å². The Morgan fingerprint density at radius 1 is 1.20 bits per heavy atom. The number of nitrogens with one attached hydrogen (secondary N) is 1. The largest absolute Gasteiger partial charge is 0.482 e. The molecule has 1 spiro atoms. The van der Waals surface area contributed by atoms with E-state index in [0.717, 1.165) is 80.0 Å². The van der Waals surface area contributed by atoms with Gasteiger partial charge >= 0.3 is 0 Å². The molecule has 0 atom stereocenters. The van der Waals surface area contributed by atoms with Crippen LogP contribution in [0.3, 0.4) is 0 Å². The highest BCUT2D eigenvalue weighted by molar-refractivity contribution is 7.88. The van der Waals surface area contributed by atoms with Gasteiger partial charge in [-0.05, 0) is 62.8 Å². The van der Waals surface area contributed by atoms with Gasteiger partial charge in [0.25, 0.3) is 5.91 Å². The second-order valence-corrected chi connectivity index (χ2v) is 13.1. The molecule has 3 N–H and O–H groups in total. The number of fused-ring (bicyclic) bond motifs is 2. The highest BCUT2D eigenvalue weighted by Crippen LogP contribution is 2.38. The Bertz CT molecular complexity index is 1780. The van der Waals surface area contributed by atoms with Crippen LogP contribution in [0.4, 0.5) is 0 Å². The number of amides is 1. The molecule has 0 unspecified atom stereocenters. The molecule has 7 rings (SSSR count). The van der Waals surface area contributed by atoms with Crippen LogP contribution in [0.5, 0.6) is 5.88 Å². The third kappa shape index (κ3) is 4.16. The van der Waals surface area contributed by atoms with Gasteiger partial charge in [-0.3, -0.25) is 9.20 Å². The molecule has 2 aliphatic heterocycles. The zero-order valence-electron chi connectivity index (χ0n) is 22.7. The quantitative estimate of drug-likeness (QED) is 0.352. The third-order valence-electron chi connectivity index (χ3n) is 8.65. The van der Waals surface area contributed by atoms with Crippen molar-refractivity contribution in [3.63, 3.8) is 0 Å². The van der Waals surface area contributed by atoms with Gasteiger partial charge in [-0.15, -0.1) is 0 Å². The number of likely N-dealkylation sites (tertiary alicyclic amines) is 1. The predicted molar refractivity (Wildman–Crippen MR) is 151 cm³/mol. The van der Waals surface area contributed by atoms with Crippen molar-refractivity contribution >= 4 is 32.6 Å². The number of ether oxygens (including phenoxy) is 1. The molecule has 12 heteroatoms. The molecule has 3 fully saturated rings. The Balaban J connectivity index is 1.35. The van der Waals surface area contributed by atoms with Crippen LogP contribution < -0.4 is 15.2 Å². The van der Waals surface area contributed by atoms with E-state index in [4.69, 9.17) is 19.8 Å². The van der Waals surface area contributed by atoms with Crippen molar-refractivity contribution in [3.8, 4) is 17.3 Å². The number of rotatable bonds is 7. The molecular formula is C28H33N7O4S. The number of aryl methyl sites for hydroxylation is 1. The van der Waals surface area contributed by atoms with E-state index in [-0.39, 0.29) is 17.2 Å². The standard InChI is InChI=1S/C28H33N7O4S/c1-17-25(22-10-19-6-7-21(14-40(29,37)38)31-26(19)33(22)13-18-4-5-18)32-23-11-20(12-24(39-2)35(17)23)27(36)34-9-3-8-28(34)15-30-16-28/h6-7,10-12,18,30H,3-5,8-9,13-16H2,1-2H3,(H2,29,37,38). The molecule has 1 saturated carbocycles. The van der Waals surface area contributed by atoms with Gasteiger partial charge in [0, 0.05) is 43.2 Å². The molecule has 1 aliphatic carbocycles. The van der Waals surface area contributed by atoms with E-state index in [1.54, 1.807) is 13.2 Å². The van der Waals surface area contributed by atoms with Gasteiger partial charge in [-0.2, -0.15) is 0 Å². The second kappa shape index (κ2) is 9.02. The third-order valence-corrected chi connectivity index (χ3v) is 9.35. The maximum atomic E-state index is 13.7. The molecule has 0 bridgehead atoms. The number of primary sulfonamides is 1. The van der Waals surface area contributed by atoms with Gasteiger partial charge in [-0.25, -0.2) is 23.5 Å². The lowest BCUT2D eigenvalue weighted by molar-refractivity contribution is 0.0456. The van der Waals surface area contributed by atoms with E-state index in [1.807, 2.05) is 34.4 Å². The molecule has 11 nitrogen and oxygen atoms in total. The van der Waals surface area contributed by atoms with Crippen molar-refractivity contribution in [2.45, 2.75) is 50.4 Å². The first kappa shape index (κ1) is 25.5. The van der Waals surface area contributed by atoms with Crippen molar-refractivity contribution in [3.05, 3.63) is 47.3 Å². The van der Waals surface area contributed by atoms with Crippen molar-refractivity contribution in [2.24, 2.45) is 11.1 Å². The molecule has 3 aliphatic rings. The molecule has 0 radical (unpaired) electrons. The molecule has 2 saturated heterocycles. The summed E-state index contributed by atoms with van der Waals surface area (Å²) in [4.78, 5) is 25.5. The van der Waals surface area contributed by atoms with Gasteiger partial charge in [0.1, 0.15) is 22.7 Å². The minimum absolute atomic E-state index is 0.0106. The summed E-state index contributed by atoms with van der Waals surface area (Å²) >= 11 is 0. The maximum Gasteiger partial charge on any atom is 0.254 e. The number of sulfonamides is 1. The van der Waals surface area contributed by atoms with Crippen LogP contribution in [0.15, 0.2) is 30.3 Å². The molecule has 6 heterocycles. The van der Waals surface area contributed by atoms with E-state index >= 15 is 0 Å². The minimum atomic E-state index is -3.71. The number of methoxy groups -OCH3 is 1. The summed E-state index contributed by atoms with van der Waals surface area (Å²) in [6, 6.07) is 9.32. The van der Waals surface area contributed by atoms with E-state index < -0.39 is 10.0 Å². The van der Waals surface area contributed by atoms with Crippen molar-refractivity contribution in [1.29, 1.82) is 0 Å². The Labute approximate surface area is 232 Å². The molecule has 4 aromatic heterocycles. The van der Waals surface area contributed by atoms with Crippen LogP contribution in [0.2, 0.25) is 0 Å². The molecular weight excluding hydrogens is 530 g/mol. The topological polar surface area (TPSA) is 137 Å². The number of carbonyl (C=O) groups is 1. The number of nitrogens with zero attached hydrogens (tertiary/aromatic N) is 5. The summed E-state index contributed by atoms with van der Waals surface area (Å²) in [7, 11) is -2.10. The summed E-state index contributed by atoms with van der Waals surface area (Å²) in [5.74, 6) is 0.790. The van der Waals surface area contributed by atoms with E-state index in [0.29, 0.717) is 28.7 Å². The summed E-state index contributed by atoms with van der Waals surface area (Å²) in [6.45, 7) is 5.19. The Morgan fingerprint density at radius 2 is 2.00 bits per heavy atom. The van der Waals surface area contributed by atoms with Crippen molar-refractivity contribution in [1.82, 2.24) is 29.2 Å². The first-order valence-corrected chi connectivity index (χ1v) is 15.5. The smallest absolute Gasteiger partial charge is 0.254 e. The van der Waals surface area contributed by atoms with Crippen LogP contribution >= 0.6 is 0 Å². The lowest BCUT2D eigenvalue weighted by atomic mass is 9.89. The average molecular weight is 564 g/mol. The molecule has 0 aromatic carbocycles. The first-order chi connectivity index (χ1) is 19.2. The summed E-state index contributed by atoms with van der Waals surface area (Å²) in [6.07, 6.45) is 4.33. The van der Waals surface area contributed by atoms with Gasteiger partial charge in [-0.1, -0.05) is 0 Å². The fraction of sp³-hybridized carbons (Fsp3) is 0.464. The van der Waals surface area contributed by atoms with E-state index in [1.165, 1.54) is 0 Å². The van der Waals surface area contributed by atoms with Crippen LogP contribution in [-0.4, -0.2) is 70.4 Å². The van der Waals surface area contributed by atoms with Crippen LogP contribution in [-0.2, 0) is 22.3 Å². The monoisotopic (exact) mass is 563 g/mol. The number of carbonyl (C=O) groups excluding carboxylic acids is 1. The molecule has 210 valence electrons. The van der Waals surface area contributed by atoms with Crippen molar-refractivity contribution < 1.29 is 17.9 Å². The van der Waals surface area contributed by atoms with E-state index in [9.17, 15) is 13.2 Å². The normalized spacial score (nSPS) is 18.6. The number of aromatic nitrogens is 4. The zero-order chi connectivity index (χ0) is 27.8. The van der Waals surface area contributed by atoms with Crippen LogP contribution in [0.25, 0.3) is 28.1 Å². The fourth-order valence-corrected chi connectivity index (χ4v) is 6.95. The number of nitrogens with two attached hydrogens (primary N) is 1. The summed E-state index contributed by atoms with van der Waals surface area (Å²) in [5, 5.41) is 9.53. The summed E-state index contributed by atoms with van der Waals surface area (Å²) < 4.78 is 33.3. The number of hydrogen-bond donors (Lipinski definition) is 2. The van der Waals surface area contributed by atoms with Gasteiger partial charge in [0.15, 0.2) is 5.88 Å². The Morgan fingerprint density at radius 3 is 2.67 bits per heavy atom. The van der Waals surface area contributed by atoms with Crippen LogP contribution in [0, 0.1) is 12.8 Å². The van der Waals surface area contributed by atoms with Crippen molar-refractivity contribution in [2.75, 3.05) is 26.7 Å². The maximum absolute atomic E-state index is 13.7. The number of hydrogen-bond acceptors (Lipinski definition) is 7. The SMILES string of the molecule is COc1cc(C(=O)N2CCCC23CNC3)cc2nc(-c3cc4ccc(CS(N)(=O)=O)nc4n3CC3CC3)c(C)n12. The highest BCUT2D eigenvalue weighted by Gasteiger charge is 2.48. The Kier molecular flexibility index (Phi) is 5.74. The number of pyridine rings is 2. The minimum Gasteiger partial charge on any atom is -0.482 e. The van der Waals surface area contributed by atoms with Crippen LogP contribution in [0.1, 0.15) is 47.4 Å². The summed E-state index contributed by atoms with van der Waals surface area (Å²) in [5.41, 5.74) is 4.82. The fourth-order valence-electron chi connectivity index (χ4n) is 6.38. The van der Waals surface area contributed by atoms with Gasteiger partial charge in [0.2, 0.25) is 10.0 Å². The second-order valence-electron chi connectivity index (χ2n) is 11.5. The molecule has 1 amide bonds. The Hall–Kier alpha value is -3.48. The molecule has 4 aromatic rings. The molecule has 40 heavy (non-hydrogen) atoms. The highest BCUT2D eigenvalue weighted by atomic mass is 32.2. The first-order valence-electron chi connectivity index (χ1n) is 13.8. The lowest BCUT2D eigenvalue weighted by Gasteiger charge is -2.46. The lowest BCUT2D eigenvalue weighted by Crippen LogP contribution is -2.67. The van der Waals surface area contributed by atoms with Gasteiger partial charge < -0.3 is 19.5 Å². The van der Waals surface area contributed by atoms with Gasteiger partial charge in [0.05, 0.1) is 29.7 Å². The number of imidazole rings is 1.